The van der Waals surface area contributed by atoms with E-state index in [-0.39, 0.29) is 22.9 Å². The average molecular weight is 344 g/mol. The molecule has 3 aromatic rings. The minimum Gasteiger partial charge on any atom is -0.494 e. The summed E-state index contributed by atoms with van der Waals surface area (Å²) in [6, 6.07) is 13.7. The van der Waals surface area contributed by atoms with E-state index in [9.17, 15) is 14.7 Å². The zero-order chi connectivity index (χ0) is 17.3. The number of carbonyl (C=O) groups excluding carboxylic acids is 1. The standard InChI is InChI=1S/C18H14ClNO4/c1-24-18(23)15-14-9-12(19)7-8-13(14)16(21)20(17(15)22)10-11-5-3-2-4-6-11/h2-9,22H,10H2,1H3. The zero-order valence-corrected chi connectivity index (χ0v) is 13.6. The Bertz CT molecular complexity index is 980. The molecule has 0 radical (unpaired) electrons. The van der Waals surface area contributed by atoms with Crippen molar-refractivity contribution in [3.8, 4) is 5.88 Å². The monoisotopic (exact) mass is 343 g/mol. The zero-order valence-electron chi connectivity index (χ0n) is 12.8. The third kappa shape index (κ3) is 2.74. The van der Waals surface area contributed by atoms with Crippen molar-refractivity contribution in [2.24, 2.45) is 0 Å². The number of benzene rings is 2. The Morgan fingerprint density at radius 2 is 1.88 bits per heavy atom. The second-order valence-corrected chi connectivity index (χ2v) is 5.69. The molecule has 0 saturated carbocycles. The number of fused-ring (bicyclic) bond motifs is 1. The highest BCUT2D eigenvalue weighted by Gasteiger charge is 2.22. The molecule has 5 nitrogen and oxygen atoms in total. The van der Waals surface area contributed by atoms with Crippen LogP contribution >= 0.6 is 11.6 Å². The van der Waals surface area contributed by atoms with Crippen LogP contribution in [0.2, 0.25) is 5.02 Å². The summed E-state index contributed by atoms with van der Waals surface area (Å²) in [5, 5.41) is 11.4. The minimum atomic E-state index is -0.735. The van der Waals surface area contributed by atoms with Crippen LogP contribution in [0.3, 0.4) is 0 Å². The summed E-state index contributed by atoms with van der Waals surface area (Å²) in [5.74, 6) is -1.17. The van der Waals surface area contributed by atoms with Crippen LogP contribution in [0.5, 0.6) is 5.88 Å². The van der Waals surface area contributed by atoms with E-state index in [1.165, 1.54) is 19.2 Å². The number of aromatic hydroxyl groups is 1. The van der Waals surface area contributed by atoms with E-state index in [0.717, 1.165) is 10.1 Å². The molecule has 0 atom stereocenters. The largest absolute Gasteiger partial charge is 0.494 e. The summed E-state index contributed by atoms with van der Waals surface area (Å²) in [5.41, 5.74) is 0.334. The smallest absolute Gasteiger partial charge is 0.343 e. The predicted molar refractivity (Wildman–Crippen MR) is 91.8 cm³/mol. The van der Waals surface area contributed by atoms with Crippen molar-refractivity contribution in [2.45, 2.75) is 6.54 Å². The molecule has 0 amide bonds. The summed E-state index contributed by atoms with van der Waals surface area (Å²) in [6.07, 6.45) is 0. The van der Waals surface area contributed by atoms with Gasteiger partial charge in [-0.15, -0.1) is 0 Å². The van der Waals surface area contributed by atoms with Crippen molar-refractivity contribution in [3.63, 3.8) is 0 Å². The van der Waals surface area contributed by atoms with E-state index >= 15 is 0 Å². The second kappa shape index (κ2) is 6.37. The molecule has 0 aliphatic rings. The Hall–Kier alpha value is -2.79. The number of ether oxygens (including phenoxy) is 1. The molecular formula is C18H14ClNO4. The van der Waals surface area contributed by atoms with Crippen LogP contribution in [0.4, 0.5) is 0 Å². The Balaban J connectivity index is 2.32. The lowest BCUT2D eigenvalue weighted by Crippen LogP contribution is -2.23. The quantitative estimate of drug-likeness (QED) is 0.741. The van der Waals surface area contributed by atoms with Crippen LogP contribution in [0, 0.1) is 0 Å². The van der Waals surface area contributed by atoms with Gasteiger partial charge in [0.2, 0.25) is 5.88 Å². The molecule has 0 bridgehead atoms. The van der Waals surface area contributed by atoms with Crippen molar-refractivity contribution in [1.82, 2.24) is 4.57 Å². The lowest BCUT2D eigenvalue weighted by molar-refractivity contribution is 0.0598. The van der Waals surface area contributed by atoms with E-state index in [2.05, 4.69) is 0 Å². The SMILES string of the molecule is COC(=O)c1c(O)n(Cc2ccccc2)c(=O)c2ccc(Cl)cc12. The molecular weight excluding hydrogens is 330 g/mol. The molecule has 6 heteroatoms. The molecule has 2 aromatic carbocycles. The molecule has 0 fully saturated rings. The van der Waals surface area contributed by atoms with Gasteiger partial charge in [-0.05, 0) is 23.8 Å². The molecule has 0 spiro atoms. The van der Waals surface area contributed by atoms with Gasteiger partial charge in [0.05, 0.1) is 13.7 Å². The average Bonchev–Trinajstić information content (AvgIpc) is 2.59. The summed E-state index contributed by atoms with van der Waals surface area (Å²) < 4.78 is 5.90. The highest BCUT2D eigenvalue weighted by molar-refractivity contribution is 6.31. The Morgan fingerprint density at radius 1 is 1.17 bits per heavy atom. The first-order chi connectivity index (χ1) is 11.5. The van der Waals surface area contributed by atoms with Gasteiger partial charge in [0.15, 0.2) is 0 Å². The van der Waals surface area contributed by atoms with Crippen molar-refractivity contribution in [2.75, 3.05) is 7.11 Å². The van der Waals surface area contributed by atoms with Crippen LogP contribution in [0.1, 0.15) is 15.9 Å². The summed E-state index contributed by atoms with van der Waals surface area (Å²) in [6.45, 7) is 0.133. The van der Waals surface area contributed by atoms with E-state index in [1.807, 2.05) is 30.3 Å². The van der Waals surface area contributed by atoms with E-state index in [1.54, 1.807) is 6.07 Å². The van der Waals surface area contributed by atoms with E-state index < -0.39 is 17.4 Å². The number of pyridine rings is 1. The Labute approximate surface area is 142 Å². The van der Waals surface area contributed by atoms with Gasteiger partial charge in [0.25, 0.3) is 5.56 Å². The predicted octanol–water partition coefficient (Wildman–Crippen LogP) is 3.20. The number of halogens is 1. The van der Waals surface area contributed by atoms with Crippen LogP contribution in [0.15, 0.2) is 53.3 Å². The first-order valence-electron chi connectivity index (χ1n) is 7.20. The fraction of sp³-hybridized carbons (Fsp3) is 0.111. The fourth-order valence-electron chi connectivity index (χ4n) is 2.62. The van der Waals surface area contributed by atoms with Crippen molar-refractivity contribution >= 4 is 28.3 Å². The second-order valence-electron chi connectivity index (χ2n) is 5.26. The number of rotatable bonds is 3. The highest BCUT2D eigenvalue weighted by Crippen LogP contribution is 2.28. The van der Waals surface area contributed by atoms with Gasteiger partial charge in [0, 0.05) is 15.8 Å². The molecule has 1 aromatic heterocycles. The maximum Gasteiger partial charge on any atom is 0.343 e. The molecule has 1 heterocycles. The molecule has 3 rings (SSSR count). The molecule has 24 heavy (non-hydrogen) atoms. The van der Waals surface area contributed by atoms with Gasteiger partial charge >= 0.3 is 5.97 Å². The Kier molecular flexibility index (Phi) is 4.27. The molecule has 0 unspecified atom stereocenters. The summed E-state index contributed by atoms with van der Waals surface area (Å²) in [7, 11) is 1.21. The van der Waals surface area contributed by atoms with Gasteiger partial charge in [0.1, 0.15) is 5.56 Å². The van der Waals surface area contributed by atoms with Crippen LogP contribution < -0.4 is 5.56 Å². The van der Waals surface area contributed by atoms with Crippen LogP contribution in [-0.4, -0.2) is 22.8 Å². The highest BCUT2D eigenvalue weighted by atomic mass is 35.5. The van der Waals surface area contributed by atoms with Gasteiger partial charge in [-0.3, -0.25) is 9.36 Å². The molecule has 0 aliphatic carbocycles. The number of methoxy groups -OCH3 is 1. The minimum absolute atomic E-state index is 0.0782. The number of carbonyl (C=O) groups is 1. The van der Waals surface area contributed by atoms with Crippen LogP contribution in [-0.2, 0) is 11.3 Å². The van der Waals surface area contributed by atoms with Crippen molar-refractivity contribution < 1.29 is 14.6 Å². The van der Waals surface area contributed by atoms with Gasteiger partial charge < -0.3 is 9.84 Å². The molecule has 0 aliphatic heterocycles. The summed E-state index contributed by atoms with van der Waals surface area (Å²) in [4.78, 5) is 24.9. The number of nitrogens with zero attached hydrogens (tertiary/aromatic N) is 1. The maximum atomic E-state index is 12.7. The fourth-order valence-corrected chi connectivity index (χ4v) is 2.79. The topological polar surface area (TPSA) is 68.5 Å². The normalized spacial score (nSPS) is 10.8. The first kappa shape index (κ1) is 16.1. The lowest BCUT2D eigenvalue weighted by atomic mass is 10.1. The van der Waals surface area contributed by atoms with Gasteiger partial charge in [-0.1, -0.05) is 41.9 Å². The van der Waals surface area contributed by atoms with Crippen molar-refractivity contribution in [1.29, 1.82) is 0 Å². The van der Waals surface area contributed by atoms with Gasteiger partial charge in [-0.25, -0.2) is 4.79 Å². The number of hydrogen-bond acceptors (Lipinski definition) is 4. The molecule has 1 N–H and O–H groups in total. The number of hydrogen-bond donors (Lipinski definition) is 1. The molecule has 122 valence electrons. The first-order valence-corrected chi connectivity index (χ1v) is 7.58. The lowest BCUT2D eigenvalue weighted by Gasteiger charge is -2.14. The number of aromatic nitrogens is 1. The third-order valence-corrected chi connectivity index (χ3v) is 4.01. The number of esters is 1. The van der Waals surface area contributed by atoms with Gasteiger partial charge in [-0.2, -0.15) is 0 Å². The maximum absolute atomic E-state index is 12.7. The summed E-state index contributed by atoms with van der Waals surface area (Å²) >= 11 is 5.97. The van der Waals surface area contributed by atoms with Crippen molar-refractivity contribution in [3.05, 3.63) is 75.0 Å². The van der Waals surface area contributed by atoms with E-state index in [0.29, 0.717) is 5.02 Å². The molecule has 0 saturated heterocycles. The third-order valence-electron chi connectivity index (χ3n) is 3.78. The Morgan fingerprint density at radius 3 is 2.54 bits per heavy atom. The van der Waals surface area contributed by atoms with Crippen LogP contribution in [0.25, 0.3) is 10.8 Å². The van der Waals surface area contributed by atoms with E-state index in [4.69, 9.17) is 16.3 Å².